The number of nitriles is 2. The van der Waals surface area contributed by atoms with E-state index in [0.717, 1.165) is 16.9 Å². The monoisotopic (exact) mass is 568 g/mol. The summed E-state index contributed by atoms with van der Waals surface area (Å²) in [6.45, 7) is 3.73. The van der Waals surface area contributed by atoms with Crippen molar-refractivity contribution >= 4 is 52.4 Å². The summed E-state index contributed by atoms with van der Waals surface area (Å²) in [5.41, 5.74) is 1.96. The molecule has 0 amide bonds. The Hall–Kier alpha value is -3.82. The number of thiophene rings is 1. The van der Waals surface area contributed by atoms with E-state index in [9.17, 15) is 20.1 Å². The fourth-order valence-corrected chi connectivity index (χ4v) is 4.97. The van der Waals surface area contributed by atoms with Gasteiger partial charge < -0.3 is 14.2 Å². The average molecular weight is 569 g/mol. The van der Waals surface area contributed by atoms with Gasteiger partial charge in [0.25, 0.3) is 0 Å². The molecule has 0 bridgehead atoms. The van der Waals surface area contributed by atoms with Gasteiger partial charge in [-0.25, -0.2) is 4.79 Å². The van der Waals surface area contributed by atoms with Crippen LogP contribution in [0.25, 0.3) is 6.08 Å². The third-order valence-electron chi connectivity index (χ3n) is 5.41. The highest BCUT2D eigenvalue weighted by molar-refractivity contribution is 7.14. The molecule has 1 aromatic heterocycles. The number of hydrogen-bond acceptors (Lipinski definition) is 8. The van der Waals surface area contributed by atoms with E-state index in [1.807, 2.05) is 12.1 Å². The number of Topliss-reactive ketones (excluding diaryl/α,β-unsaturated/α-hetero) is 1. The molecule has 2 aromatic carbocycles. The van der Waals surface area contributed by atoms with Crippen molar-refractivity contribution in [3.05, 3.63) is 84.0 Å². The smallest absolute Gasteiger partial charge is 0.348 e. The molecule has 0 atom stereocenters. The Labute approximate surface area is 234 Å². The van der Waals surface area contributed by atoms with Gasteiger partial charge in [0.05, 0.1) is 34.9 Å². The Balaban J connectivity index is 1.80. The molecule has 0 saturated heterocycles. The second-order valence-corrected chi connectivity index (χ2v) is 9.82. The Morgan fingerprint density at radius 2 is 1.84 bits per heavy atom. The van der Waals surface area contributed by atoms with Gasteiger partial charge in [-0.15, -0.1) is 11.3 Å². The lowest BCUT2D eigenvalue weighted by molar-refractivity contribution is -0.114. The van der Waals surface area contributed by atoms with Crippen molar-refractivity contribution in [3.8, 4) is 23.6 Å². The summed E-state index contributed by atoms with van der Waals surface area (Å²) in [5.74, 6) is -0.169. The normalized spacial score (nSPS) is 10.9. The predicted octanol–water partition coefficient (Wildman–Crippen LogP) is 6.72. The molecule has 0 radical (unpaired) electrons. The van der Waals surface area contributed by atoms with Crippen molar-refractivity contribution in [1.82, 2.24) is 0 Å². The summed E-state index contributed by atoms with van der Waals surface area (Å²) < 4.78 is 16.3. The minimum absolute atomic E-state index is 0.107. The summed E-state index contributed by atoms with van der Waals surface area (Å²) in [6.07, 6.45) is 1.24. The summed E-state index contributed by atoms with van der Waals surface area (Å²) in [7, 11) is 1.48. The number of benzene rings is 2. The van der Waals surface area contributed by atoms with E-state index in [1.165, 1.54) is 13.2 Å². The van der Waals surface area contributed by atoms with Gasteiger partial charge in [-0.3, -0.25) is 4.79 Å². The Morgan fingerprint density at radius 3 is 2.47 bits per heavy atom. The molecule has 0 aliphatic carbocycles. The van der Waals surface area contributed by atoms with Crippen LogP contribution in [0.15, 0.2) is 42.0 Å². The number of ether oxygens (including phenoxy) is 3. The van der Waals surface area contributed by atoms with Crippen molar-refractivity contribution < 1.29 is 23.8 Å². The lowest BCUT2D eigenvalue weighted by Crippen LogP contribution is -2.05. The molecule has 3 rings (SSSR count). The van der Waals surface area contributed by atoms with Gasteiger partial charge >= 0.3 is 5.97 Å². The van der Waals surface area contributed by atoms with Gasteiger partial charge in [-0.2, -0.15) is 10.5 Å². The van der Waals surface area contributed by atoms with Crippen LogP contribution < -0.4 is 9.47 Å². The molecule has 38 heavy (non-hydrogen) atoms. The first-order valence-electron chi connectivity index (χ1n) is 11.3. The standard InChI is InChI=1S/C28H22Cl2N2O5S/c1-4-36-28(34)27-16(2)20(14-32)26(38-27)12-23(33)19(13-31)9-17-6-8-24(25(11-17)35-3)37-15-18-5-7-21(29)22(30)10-18/h5-11H,4,12,15H2,1-3H3/b19-9+. The second kappa shape index (κ2) is 13.1. The molecule has 0 aliphatic rings. The molecule has 1 heterocycles. The Kier molecular flexibility index (Phi) is 9.92. The molecule has 0 spiro atoms. The predicted molar refractivity (Wildman–Crippen MR) is 146 cm³/mol. The molecule has 7 nitrogen and oxygen atoms in total. The van der Waals surface area contributed by atoms with Crippen LogP contribution in [0, 0.1) is 29.6 Å². The SMILES string of the molecule is CCOC(=O)c1sc(CC(=O)/C(C#N)=C/c2ccc(OCc3ccc(Cl)c(Cl)c3)c(OC)c2)c(C#N)c1C. The molecule has 0 N–H and O–H groups in total. The van der Waals surface area contributed by atoms with E-state index in [2.05, 4.69) is 0 Å². The fourth-order valence-electron chi connectivity index (χ4n) is 3.50. The Morgan fingerprint density at radius 1 is 1.08 bits per heavy atom. The summed E-state index contributed by atoms with van der Waals surface area (Å²) in [5, 5.41) is 20.1. The van der Waals surface area contributed by atoms with E-state index in [-0.39, 0.29) is 35.6 Å². The van der Waals surface area contributed by atoms with E-state index >= 15 is 0 Å². The number of carbonyl (C=O) groups is 2. The van der Waals surface area contributed by atoms with Crippen LogP contribution in [-0.2, 0) is 22.6 Å². The number of allylic oxidation sites excluding steroid dienone is 1. The van der Waals surface area contributed by atoms with Gasteiger partial charge in [-0.05, 0) is 60.9 Å². The zero-order valence-electron chi connectivity index (χ0n) is 20.8. The average Bonchev–Trinajstić information content (AvgIpc) is 3.22. The van der Waals surface area contributed by atoms with E-state index in [0.29, 0.717) is 37.5 Å². The first kappa shape index (κ1) is 28.7. The van der Waals surface area contributed by atoms with E-state index in [1.54, 1.807) is 50.2 Å². The number of nitrogens with zero attached hydrogens (tertiary/aromatic N) is 2. The first-order chi connectivity index (χ1) is 18.2. The molecule has 3 aromatic rings. The summed E-state index contributed by atoms with van der Waals surface area (Å²) in [4.78, 5) is 25.9. The van der Waals surface area contributed by atoms with E-state index in [4.69, 9.17) is 37.4 Å². The van der Waals surface area contributed by atoms with Crippen LogP contribution in [0.1, 0.15) is 43.7 Å². The molecule has 194 valence electrons. The molecular formula is C28H22Cl2N2O5S. The van der Waals surface area contributed by atoms with Gasteiger partial charge in [0, 0.05) is 11.3 Å². The highest BCUT2D eigenvalue weighted by Crippen LogP contribution is 2.32. The molecule has 0 saturated carbocycles. The van der Waals surface area contributed by atoms with Gasteiger partial charge in [0.2, 0.25) is 0 Å². The van der Waals surface area contributed by atoms with Crippen LogP contribution in [0.4, 0.5) is 0 Å². The molecule has 0 aliphatic heterocycles. The lowest BCUT2D eigenvalue weighted by Gasteiger charge is -2.12. The topological polar surface area (TPSA) is 109 Å². The maximum Gasteiger partial charge on any atom is 0.348 e. The zero-order chi connectivity index (χ0) is 27.8. The third-order valence-corrected chi connectivity index (χ3v) is 7.42. The van der Waals surface area contributed by atoms with Crippen molar-refractivity contribution in [1.29, 1.82) is 10.5 Å². The maximum atomic E-state index is 13.0. The number of methoxy groups -OCH3 is 1. The van der Waals surface area contributed by atoms with Gasteiger partial charge in [0.1, 0.15) is 23.6 Å². The van der Waals surface area contributed by atoms with Crippen LogP contribution >= 0.6 is 34.5 Å². The molecule has 0 unspecified atom stereocenters. The summed E-state index contributed by atoms with van der Waals surface area (Å²) >= 11 is 13.0. The van der Waals surface area contributed by atoms with Gasteiger partial charge in [0.15, 0.2) is 17.3 Å². The molecule has 10 heteroatoms. The van der Waals surface area contributed by atoms with Gasteiger partial charge in [-0.1, -0.05) is 35.3 Å². The zero-order valence-corrected chi connectivity index (χ0v) is 23.1. The molecular weight excluding hydrogens is 547 g/mol. The largest absolute Gasteiger partial charge is 0.493 e. The lowest BCUT2D eigenvalue weighted by atomic mass is 10.0. The van der Waals surface area contributed by atoms with Crippen LogP contribution in [-0.4, -0.2) is 25.5 Å². The highest BCUT2D eigenvalue weighted by atomic mass is 35.5. The van der Waals surface area contributed by atoms with Crippen molar-refractivity contribution in [3.63, 3.8) is 0 Å². The highest BCUT2D eigenvalue weighted by Gasteiger charge is 2.23. The quantitative estimate of drug-likeness (QED) is 0.152. The summed E-state index contributed by atoms with van der Waals surface area (Å²) in [6, 6.07) is 14.2. The number of hydrogen-bond donors (Lipinski definition) is 0. The number of ketones is 1. The van der Waals surface area contributed by atoms with Crippen LogP contribution in [0.2, 0.25) is 10.0 Å². The first-order valence-corrected chi connectivity index (χ1v) is 12.9. The fraction of sp³-hybridized carbons (Fsp3) is 0.214. The van der Waals surface area contributed by atoms with Crippen molar-refractivity contribution in [2.75, 3.05) is 13.7 Å². The minimum atomic E-state index is -0.546. The third kappa shape index (κ3) is 6.73. The van der Waals surface area contributed by atoms with Crippen molar-refractivity contribution in [2.45, 2.75) is 26.9 Å². The van der Waals surface area contributed by atoms with E-state index < -0.39 is 11.8 Å². The number of halogens is 2. The number of rotatable bonds is 10. The number of carbonyl (C=O) groups excluding carboxylic acids is 2. The van der Waals surface area contributed by atoms with Crippen LogP contribution in [0.5, 0.6) is 11.5 Å². The van der Waals surface area contributed by atoms with Crippen molar-refractivity contribution in [2.24, 2.45) is 0 Å². The minimum Gasteiger partial charge on any atom is -0.493 e. The molecule has 0 fully saturated rings. The number of esters is 1. The maximum absolute atomic E-state index is 13.0. The second-order valence-electron chi connectivity index (χ2n) is 7.90. The van der Waals surface area contributed by atoms with Crippen LogP contribution in [0.3, 0.4) is 0 Å². The Bertz CT molecular complexity index is 1500.